The van der Waals surface area contributed by atoms with Gasteiger partial charge in [-0.25, -0.2) is 4.39 Å². The average molecular weight is 408 g/mol. The highest BCUT2D eigenvalue weighted by Gasteiger charge is 2.36. The van der Waals surface area contributed by atoms with E-state index in [1.54, 1.807) is 11.8 Å². The number of rotatable bonds is 4. The number of non-ortho nitro benzene ring substituents is 1. The molecule has 1 aromatic rings. The van der Waals surface area contributed by atoms with Gasteiger partial charge < -0.3 is 4.90 Å². The molecule has 3 rings (SSSR count). The second kappa shape index (κ2) is 8.89. The first kappa shape index (κ1) is 20.6. The number of thioether (sulfide) groups is 1. The summed E-state index contributed by atoms with van der Waals surface area (Å²) in [5.74, 6) is -0.495. The van der Waals surface area contributed by atoms with E-state index >= 15 is 0 Å². The minimum absolute atomic E-state index is 0.0742. The third-order valence-corrected chi connectivity index (χ3v) is 6.38. The molecule has 0 bridgehead atoms. The van der Waals surface area contributed by atoms with Crippen LogP contribution < -0.4 is 4.90 Å². The lowest BCUT2D eigenvalue weighted by molar-refractivity contribution is -0.384. The van der Waals surface area contributed by atoms with Crippen molar-refractivity contribution >= 4 is 34.2 Å². The van der Waals surface area contributed by atoms with E-state index in [0.29, 0.717) is 5.75 Å². The fourth-order valence-electron chi connectivity index (χ4n) is 3.75. The van der Waals surface area contributed by atoms with Gasteiger partial charge in [0.2, 0.25) is 5.91 Å². The molecular weight excluding hydrogens is 383 g/mol. The molecule has 1 aliphatic carbocycles. The zero-order valence-electron chi connectivity index (χ0n) is 16.1. The van der Waals surface area contributed by atoms with Gasteiger partial charge in [-0.2, -0.15) is 0 Å². The summed E-state index contributed by atoms with van der Waals surface area (Å²) in [6.07, 6.45) is 6.55. The van der Waals surface area contributed by atoms with Crippen molar-refractivity contribution in [3.8, 4) is 0 Å². The first-order valence-electron chi connectivity index (χ1n) is 9.55. The van der Waals surface area contributed by atoms with Crippen LogP contribution in [0, 0.1) is 15.9 Å². The van der Waals surface area contributed by atoms with Crippen LogP contribution in [0.3, 0.4) is 0 Å². The fourth-order valence-corrected chi connectivity index (χ4v) is 4.97. The molecule has 0 radical (unpaired) electrons. The molecule has 1 aromatic carbocycles. The largest absolute Gasteiger partial charge is 0.333 e. The SMILES string of the molecule is CC(=O)N(c1cc([N+](=O)[O-])ccc1F)C1CSC(=NC2CCCCCC2)N1C. The number of hydrogen-bond acceptors (Lipinski definition) is 5. The first-order chi connectivity index (χ1) is 13.4. The first-order valence-corrected chi connectivity index (χ1v) is 10.5. The fraction of sp³-hybridized carbons (Fsp3) is 0.579. The number of nitrogens with zero attached hydrogens (tertiary/aromatic N) is 4. The molecule has 1 heterocycles. The Labute approximate surface area is 168 Å². The van der Waals surface area contributed by atoms with Crippen molar-refractivity contribution < 1.29 is 14.1 Å². The number of amidine groups is 1. The van der Waals surface area contributed by atoms with Crippen LogP contribution in [0.25, 0.3) is 0 Å². The number of aliphatic imine (C=N–C) groups is 1. The molecule has 1 saturated heterocycles. The number of anilines is 1. The summed E-state index contributed by atoms with van der Waals surface area (Å²) in [6, 6.07) is 3.54. The van der Waals surface area contributed by atoms with E-state index in [-0.39, 0.29) is 23.3 Å². The highest BCUT2D eigenvalue weighted by atomic mass is 32.2. The third kappa shape index (κ3) is 4.45. The second-order valence-electron chi connectivity index (χ2n) is 7.24. The van der Waals surface area contributed by atoms with Gasteiger partial charge in [-0.05, 0) is 18.9 Å². The van der Waals surface area contributed by atoms with Gasteiger partial charge in [0.05, 0.1) is 16.7 Å². The van der Waals surface area contributed by atoms with Crippen LogP contribution in [0.1, 0.15) is 45.4 Å². The van der Waals surface area contributed by atoms with Crippen molar-refractivity contribution in [3.63, 3.8) is 0 Å². The van der Waals surface area contributed by atoms with Gasteiger partial charge in [0.15, 0.2) is 5.17 Å². The number of hydrogen-bond donors (Lipinski definition) is 0. The van der Waals surface area contributed by atoms with E-state index in [2.05, 4.69) is 0 Å². The number of benzene rings is 1. The van der Waals surface area contributed by atoms with E-state index < -0.39 is 16.9 Å². The van der Waals surface area contributed by atoms with Crippen molar-refractivity contribution in [2.45, 2.75) is 57.7 Å². The lowest BCUT2D eigenvalue weighted by Gasteiger charge is -2.33. The monoisotopic (exact) mass is 408 g/mol. The average Bonchev–Trinajstić information content (AvgIpc) is 2.85. The van der Waals surface area contributed by atoms with Crippen LogP contribution >= 0.6 is 11.8 Å². The summed E-state index contributed by atoms with van der Waals surface area (Å²) in [5.41, 5.74) is -0.321. The molecule has 1 unspecified atom stereocenters. The van der Waals surface area contributed by atoms with Crippen LogP contribution in [0.5, 0.6) is 0 Å². The molecule has 1 saturated carbocycles. The Morgan fingerprint density at radius 1 is 1.32 bits per heavy atom. The van der Waals surface area contributed by atoms with Gasteiger partial charge in [0.1, 0.15) is 12.0 Å². The van der Waals surface area contributed by atoms with Gasteiger partial charge in [0.25, 0.3) is 5.69 Å². The maximum atomic E-state index is 14.5. The Balaban J connectivity index is 1.87. The summed E-state index contributed by atoms with van der Waals surface area (Å²) in [7, 11) is 1.84. The molecule has 0 aromatic heterocycles. The minimum atomic E-state index is -0.659. The lowest BCUT2D eigenvalue weighted by atomic mass is 10.1. The molecule has 1 aliphatic heterocycles. The summed E-state index contributed by atoms with van der Waals surface area (Å²) >= 11 is 1.54. The van der Waals surface area contributed by atoms with Crippen LogP contribution in [0.15, 0.2) is 23.2 Å². The molecule has 9 heteroatoms. The number of nitro groups is 1. The van der Waals surface area contributed by atoms with Crippen LogP contribution in [0.4, 0.5) is 15.8 Å². The van der Waals surface area contributed by atoms with Gasteiger partial charge in [0, 0.05) is 31.9 Å². The Bertz CT molecular complexity index is 780. The summed E-state index contributed by atoms with van der Waals surface area (Å²) < 4.78 is 14.5. The van der Waals surface area contributed by atoms with Crippen molar-refractivity contribution in [1.82, 2.24) is 4.90 Å². The number of carbonyl (C=O) groups is 1. The molecule has 2 fully saturated rings. The Kier molecular flexibility index (Phi) is 6.53. The van der Waals surface area contributed by atoms with Gasteiger partial charge >= 0.3 is 0 Å². The normalized spacial score (nSPS) is 22.3. The lowest BCUT2D eigenvalue weighted by Crippen LogP contribution is -2.48. The highest BCUT2D eigenvalue weighted by Crippen LogP contribution is 2.33. The minimum Gasteiger partial charge on any atom is -0.333 e. The zero-order chi connectivity index (χ0) is 20.3. The highest BCUT2D eigenvalue weighted by molar-refractivity contribution is 8.14. The number of halogens is 1. The van der Waals surface area contributed by atoms with E-state index in [0.717, 1.165) is 36.2 Å². The van der Waals surface area contributed by atoms with E-state index in [9.17, 15) is 19.3 Å². The number of nitro benzene ring substituents is 1. The summed E-state index contributed by atoms with van der Waals surface area (Å²) in [4.78, 5) is 30.9. The van der Waals surface area contributed by atoms with E-state index in [1.807, 2.05) is 11.9 Å². The Hall–Kier alpha value is -2.16. The van der Waals surface area contributed by atoms with Crippen LogP contribution in [-0.2, 0) is 4.79 Å². The van der Waals surface area contributed by atoms with Gasteiger partial charge in [-0.15, -0.1) is 0 Å². The van der Waals surface area contributed by atoms with Crippen molar-refractivity contribution in [3.05, 3.63) is 34.1 Å². The molecule has 0 N–H and O–H groups in total. The maximum Gasteiger partial charge on any atom is 0.271 e. The van der Waals surface area contributed by atoms with Crippen LogP contribution in [0.2, 0.25) is 0 Å². The smallest absolute Gasteiger partial charge is 0.271 e. The molecule has 0 spiro atoms. The molecule has 1 amide bonds. The second-order valence-corrected chi connectivity index (χ2v) is 8.23. The Morgan fingerprint density at radius 2 is 2.00 bits per heavy atom. The molecule has 7 nitrogen and oxygen atoms in total. The van der Waals surface area contributed by atoms with Crippen LogP contribution in [-0.4, -0.2) is 45.9 Å². The van der Waals surface area contributed by atoms with Crippen molar-refractivity contribution in [1.29, 1.82) is 0 Å². The molecule has 152 valence electrons. The topological polar surface area (TPSA) is 79.0 Å². The van der Waals surface area contributed by atoms with Gasteiger partial charge in [-0.1, -0.05) is 37.4 Å². The molecule has 2 aliphatic rings. The predicted molar refractivity (Wildman–Crippen MR) is 109 cm³/mol. The van der Waals surface area contributed by atoms with E-state index in [4.69, 9.17) is 4.99 Å². The van der Waals surface area contributed by atoms with Crippen molar-refractivity contribution in [2.24, 2.45) is 4.99 Å². The predicted octanol–water partition coefficient (Wildman–Crippen LogP) is 4.17. The summed E-state index contributed by atoms with van der Waals surface area (Å²) in [6.45, 7) is 1.34. The zero-order valence-corrected chi connectivity index (χ0v) is 17.0. The quantitative estimate of drug-likeness (QED) is 0.424. The van der Waals surface area contributed by atoms with E-state index in [1.165, 1.54) is 37.5 Å². The summed E-state index contributed by atoms with van der Waals surface area (Å²) in [5, 5.41) is 11.9. The molecule has 1 atom stereocenters. The van der Waals surface area contributed by atoms with Gasteiger partial charge in [-0.3, -0.25) is 24.8 Å². The number of carbonyl (C=O) groups excluding carboxylic acids is 1. The third-order valence-electron chi connectivity index (χ3n) is 5.27. The standard InChI is InChI=1S/C19H25FN4O3S/c1-13(25)23(17-11-15(24(26)27)9-10-16(17)20)18-12-28-19(22(18)2)21-14-7-5-3-4-6-8-14/h9-11,14,18H,3-8,12H2,1-2H3. The van der Waals surface area contributed by atoms with Crippen molar-refractivity contribution in [2.75, 3.05) is 17.7 Å². The Morgan fingerprint density at radius 3 is 2.61 bits per heavy atom. The number of amides is 1. The molecule has 28 heavy (non-hydrogen) atoms. The molecular formula is C19H25FN4O3S. The maximum absolute atomic E-state index is 14.5.